The Hall–Kier alpha value is -3.41. The Kier molecular flexibility index (Phi) is 4.07. The summed E-state index contributed by atoms with van der Waals surface area (Å²) >= 11 is 0. The fourth-order valence-corrected chi connectivity index (χ4v) is 3.78. The van der Waals surface area contributed by atoms with Gasteiger partial charge in [-0.1, -0.05) is 48.0 Å². The molecule has 1 aromatic heterocycles. The minimum absolute atomic E-state index is 0.272. The number of rotatable bonds is 4. The molecule has 2 heterocycles. The van der Waals surface area contributed by atoms with Gasteiger partial charge in [-0.2, -0.15) is 0 Å². The molecule has 28 heavy (non-hydrogen) atoms. The fourth-order valence-electron chi connectivity index (χ4n) is 3.78. The highest BCUT2D eigenvalue weighted by atomic mass is 16.2. The Morgan fingerprint density at radius 2 is 1.71 bits per heavy atom. The molecule has 3 amide bonds. The molecule has 0 radical (unpaired) electrons. The van der Waals surface area contributed by atoms with Gasteiger partial charge in [-0.05, 0) is 32.4 Å². The van der Waals surface area contributed by atoms with Gasteiger partial charge in [0, 0.05) is 22.2 Å². The number of carbonyl (C=O) groups excluding carboxylic acids is 3. The highest BCUT2D eigenvalue weighted by Gasteiger charge is 2.49. The number of nitrogens with one attached hydrogen (secondary N) is 2. The number of carbonyl (C=O) groups is 3. The lowest BCUT2D eigenvalue weighted by Crippen LogP contribution is -2.41. The molecule has 1 fully saturated rings. The van der Waals surface area contributed by atoms with Crippen molar-refractivity contribution >= 4 is 28.6 Å². The van der Waals surface area contributed by atoms with Crippen LogP contribution < -0.4 is 5.32 Å². The first-order valence-corrected chi connectivity index (χ1v) is 9.13. The Balaban J connectivity index is 1.64. The van der Waals surface area contributed by atoms with Crippen molar-refractivity contribution in [2.75, 3.05) is 6.54 Å². The number of H-pyrrole nitrogens is 1. The molecule has 2 aromatic carbocycles. The van der Waals surface area contributed by atoms with E-state index < -0.39 is 17.5 Å². The molecule has 6 nitrogen and oxygen atoms in total. The van der Waals surface area contributed by atoms with Crippen LogP contribution in [-0.2, 0) is 10.3 Å². The summed E-state index contributed by atoms with van der Waals surface area (Å²) < 4.78 is 0. The van der Waals surface area contributed by atoms with E-state index in [0.29, 0.717) is 11.1 Å². The smallest absolute Gasteiger partial charge is 0.325 e. The lowest BCUT2D eigenvalue weighted by molar-refractivity contribution is -0.130. The molecular weight excluding hydrogens is 354 g/mol. The summed E-state index contributed by atoms with van der Waals surface area (Å²) in [7, 11) is 0. The second kappa shape index (κ2) is 6.34. The maximum absolute atomic E-state index is 13.1. The maximum atomic E-state index is 13.1. The first-order chi connectivity index (χ1) is 13.3. The standard InChI is InChI=1S/C22H21N3O3/c1-13-8-10-15(11-9-13)22(3)20(27)25(21(28)24-22)12-18(26)19-14(2)23-17-7-5-4-6-16(17)19/h4-11,23H,12H2,1-3H3,(H,24,28)/t22-/m1/s1. The van der Waals surface area contributed by atoms with Gasteiger partial charge in [-0.15, -0.1) is 0 Å². The molecule has 0 saturated carbocycles. The van der Waals surface area contributed by atoms with Crippen molar-refractivity contribution in [3.63, 3.8) is 0 Å². The first-order valence-electron chi connectivity index (χ1n) is 9.13. The number of para-hydroxylation sites is 1. The van der Waals surface area contributed by atoms with Gasteiger partial charge in [-0.3, -0.25) is 14.5 Å². The molecule has 0 unspecified atom stereocenters. The SMILES string of the molecule is Cc1ccc([C@@]2(C)NC(=O)N(CC(=O)c3c(C)[nH]c4ccccc34)C2=O)cc1. The molecule has 0 spiro atoms. The van der Waals surface area contributed by atoms with Gasteiger partial charge >= 0.3 is 6.03 Å². The number of aryl methyl sites for hydroxylation is 2. The minimum Gasteiger partial charge on any atom is -0.358 e. The molecule has 1 saturated heterocycles. The molecule has 0 aliphatic carbocycles. The molecular formula is C22H21N3O3. The third-order valence-electron chi connectivity index (χ3n) is 5.38. The second-order valence-corrected chi connectivity index (χ2v) is 7.41. The number of Topliss-reactive ketones (excluding diaryl/α,β-unsaturated/α-hetero) is 1. The van der Waals surface area contributed by atoms with Crippen LogP contribution in [-0.4, -0.2) is 34.2 Å². The van der Waals surface area contributed by atoms with Crippen LogP contribution in [0, 0.1) is 13.8 Å². The summed E-state index contributed by atoms with van der Waals surface area (Å²) in [6, 6.07) is 14.4. The zero-order valence-corrected chi connectivity index (χ0v) is 16.0. The van der Waals surface area contributed by atoms with E-state index >= 15 is 0 Å². The van der Waals surface area contributed by atoms with Crippen LogP contribution in [0.15, 0.2) is 48.5 Å². The number of amides is 3. The van der Waals surface area contributed by atoms with E-state index in [4.69, 9.17) is 0 Å². The van der Waals surface area contributed by atoms with Gasteiger partial charge in [0.15, 0.2) is 5.78 Å². The van der Waals surface area contributed by atoms with Crippen molar-refractivity contribution in [2.24, 2.45) is 0 Å². The predicted molar refractivity (Wildman–Crippen MR) is 106 cm³/mol. The topological polar surface area (TPSA) is 82.3 Å². The third-order valence-corrected chi connectivity index (χ3v) is 5.38. The normalized spacial score (nSPS) is 19.3. The predicted octanol–water partition coefficient (Wildman–Crippen LogP) is 3.43. The molecule has 1 atom stereocenters. The monoisotopic (exact) mass is 375 g/mol. The number of fused-ring (bicyclic) bond motifs is 1. The third kappa shape index (κ3) is 2.69. The average Bonchev–Trinajstić information content (AvgIpc) is 3.11. The van der Waals surface area contributed by atoms with E-state index in [0.717, 1.165) is 27.1 Å². The van der Waals surface area contributed by atoms with Crippen molar-refractivity contribution < 1.29 is 14.4 Å². The van der Waals surface area contributed by atoms with Crippen LogP contribution in [0.3, 0.4) is 0 Å². The summed E-state index contributed by atoms with van der Waals surface area (Å²) in [5.41, 5.74) is 2.66. The Morgan fingerprint density at radius 3 is 2.43 bits per heavy atom. The summed E-state index contributed by atoms with van der Waals surface area (Å²) in [6.07, 6.45) is 0. The largest absolute Gasteiger partial charge is 0.358 e. The van der Waals surface area contributed by atoms with Crippen LogP contribution in [0.25, 0.3) is 10.9 Å². The van der Waals surface area contributed by atoms with E-state index in [1.54, 1.807) is 6.92 Å². The number of aromatic amines is 1. The molecule has 1 aliphatic rings. The molecule has 2 N–H and O–H groups in total. The van der Waals surface area contributed by atoms with Crippen LogP contribution in [0.4, 0.5) is 4.79 Å². The summed E-state index contributed by atoms with van der Waals surface area (Å²) in [5.74, 6) is -0.696. The average molecular weight is 375 g/mol. The second-order valence-electron chi connectivity index (χ2n) is 7.41. The number of hydrogen-bond acceptors (Lipinski definition) is 3. The highest BCUT2D eigenvalue weighted by Crippen LogP contribution is 2.30. The number of imide groups is 1. The van der Waals surface area contributed by atoms with Crippen molar-refractivity contribution in [2.45, 2.75) is 26.3 Å². The Morgan fingerprint density at radius 1 is 1.04 bits per heavy atom. The lowest BCUT2D eigenvalue weighted by atomic mass is 9.91. The number of urea groups is 1. The summed E-state index contributed by atoms with van der Waals surface area (Å²) in [6.45, 7) is 5.14. The molecule has 3 aromatic rings. The van der Waals surface area contributed by atoms with Crippen molar-refractivity contribution in [1.29, 1.82) is 0 Å². The quantitative estimate of drug-likeness (QED) is 0.541. The first kappa shape index (κ1) is 18.0. The zero-order valence-electron chi connectivity index (χ0n) is 16.0. The van der Waals surface area contributed by atoms with E-state index in [1.807, 2.05) is 62.4 Å². The van der Waals surface area contributed by atoms with E-state index in [9.17, 15) is 14.4 Å². The minimum atomic E-state index is -1.18. The lowest BCUT2D eigenvalue weighted by Gasteiger charge is -2.22. The van der Waals surface area contributed by atoms with Crippen molar-refractivity contribution in [1.82, 2.24) is 15.2 Å². The number of benzene rings is 2. The van der Waals surface area contributed by atoms with Gasteiger partial charge in [0.1, 0.15) is 5.54 Å². The van der Waals surface area contributed by atoms with Crippen molar-refractivity contribution in [3.8, 4) is 0 Å². The number of hydrogen-bond donors (Lipinski definition) is 2. The van der Waals surface area contributed by atoms with Crippen LogP contribution >= 0.6 is 0 Å². The molecule has 6 heteroatoms. The van der Waals surface area contributed by atoms with Gasteiger partial charge in [0.2, 0.25) is 0 Å². The van der Waals surface area contributed by atoms with E-state index in [2.05, 4.69) is 10.3 Å². The molecule has 1 aliphatic heterocycles. The Bertz CT molecular complexity index is 1110. The van der Waals surface area contributed by atoms with Gasteiger partial charge in [0.25, 0.3) is 5.91 Å². The highest BCUT2D eigenvalue weighted by molar-refractivity contribution is 6.15. The fraction of sp³-hybridized carbons (Fsp3) is 0.227. The zero-order chi connectivity index (χ0) is 20.1. The van der Waals surface area contributed by atoms with Crippen LogP contribution in [0.5, 0.6) is 0 Å². The summed E-state index contributed by atoms with van der Waals surface area (Å²) in [5, 5.41) is 3.54. The number of ketones is 1. The van der Waals surface area contributed by atoms with E-state index in [1.165, 1.54) is 0 Å². The van der Waals surface area contributed by atoms with Crippen LogP contribution in [0.2, 0.25) is 0 Å². The molecule has 4 rings (SSSR count). The molecule has 0 bridgehead atoms. The van der Waals surface area contributed by atoms with Crippen LogP contribution in [0.1, 0.15) is 34.1 Å². The van der Waals surface area contributed by atoms with Gasteiger partial charge < -0.3 is 10.3 Å². The summed E-state index contributed by atoms with van der Waals surface area (Å²) in [4.78, 5) is 42.8. The number of aromatic nitrogens is 1. The van der Waals surface area contributed by atoms with Crippen molar-refractivity contribution in [3.05, 3.63) is 70.9 Å². The molecule has 142 valence electrons. The maximum Gasteiger partial charge on any atom is 0.325 e. The Labute approximate surface area is 162 Å². The van der Waals surface area contributed by atoms with E-state index in [-0.39, 0.29) is 12.3 Å². The van der Waals surface area contributed by atoms with Gasteiger partial charge in [0.05, 0.1) is 6.54 Å². The van der Waals surface area contributed by atoms with Gasteiger partial charge in [-0.25, -0.2) is 4.79 Å². The number of nitrogens with zero attached hydrogens (tertiary/aromatic N) is 1.